The lowest BCUT2D eigenvalue weighted by Gasteiger charge is -2.26. The summed E-state index contributed by atoms with van der Waals surface area (Å²) in [6.45, 7) is 1.73. The summed E-state index contributed by atoms with van der Waals surface area (Å²) in [6, 6.07) is 5.23. The van der Waals surface area contributed by atoms with Crippen molar-refractivity contribution in [2.24, 2.45) is 0 Å². The van der Waals surface area contributed by atoms with Crippen LogP contribution in [0.4, 0.5) is 18.9 Å². The lowest BCUT2D eigenvalue weighted by molar-refractivity contribution is -0.274. The van der Waals surface area contributed by atoms with Gasteiger partial charge in [0.1, 0.15) is 5.75 Å². The van der Waals surface area contributed by atoms with E-state index in [1.54, 1.807) is 6.07 Å². The van der Waals surface area contributed by atoms with Crippen molar-refractivity contribution in [2.45, 2.75) is 18.8 Å². The summed E-state index contributed by atoms with van der Waals surface area (Å²) in [5.41, 5.74) is 0.337. The van der Waals surface area contributed by atoms with Crippen LogP contribution in [0.5, 0.6) is 5.75 Å². The summed E-state index contributed by atoms with van der Waals surface area (Å²) in [5.74, 6) is -0.573. The maximum absolute atomic E-state index is 12.2. The van der Waals surface area contributed by atoms with Crippen LogP contribution in [0.25, 0.3) is 0 Å². The number of anilines is 1. The van der Waals surface area contributed by atoms with Gasteiger partial charge in [-0.2, -0.15) is 0 Å². The summed E-state index contributed by atoms with van der Waals surface area (Å²) in [6.07, 6.45) is -4.55. The maximum Gasteiger partial charge on any atom is 0.573 e. The molecule has 23 heavy (non-hydrogen) atoms. The highest BCUT2D eigenvalue weighted by Crippen LogP contribution is 2.26. The van der Waals surface area contributed by atoms with E-state index < -0.39 is 6.36 Å². The van der Waals surface area contributed by atoms with Crippen molar-refractivity contribution in [1.82, 2.24) is 5.32 Å². The molecular formula is C14H18ClF3N2O3. The third-order valence-electron chi connectivity index (χ3n) is 3.23. The molecule has 1 unspecified atom stereocenters. The molecule has 1 fully saturated rings. The molecule has 0 spiro atoms. The molecule has 1 amide bonds. The van der Waals surface area contributed by atoms with E-state index in [-0.39, 0.29) is 36.5 Å². The van der Waals surface area contributed by atoms with Gasteiger partial charge in [0.15, 0.2) is 0 Å². The zero-order valence-corrected chi connectivity index (χ0v) is 13.2. The van der Waals surface area contributed by atoms with Gasteiger partial charge in [-0.15, -0.1) is 25.6 Å². The first kappa shape index (κ1) is 19.5. The third kappa shape index (κ3) is 6.25. The minimum absolute atomic E-state index is 0. The quantitative estimate of drug-likeness (QED) is 0.901. The lowest BCUT2D eigenvalue weighted by atomic mass is 10.1. The Kier molecular flexibility index (Phi) is 7.11. The highest BCUT2D eigenvalue weighted by molar-refractivity contribution is 5.93. The SMILES string of the molecule is CN(C(=O)CC1COCCN1)c1cccc(OC(F)(F)F)c1.Cl. The standard InChI is InChI=1S/C14H17F3N2O3.ClH/c1-19(13(20)7-10-9-21-6-5-18-10)11-3-2-4-12(8-11)22-14(15,16)17;/h2-4,8,10,18H,5-7,9H2,1H3;1H. The molecule has 9 heteroatoms. The number of hydrogen-bond donors (Lipinski definition) is 1. The summed E-state index contributed by atoms with van der Waals surface area (Å²) >= 11 is 0. The predicted molar refractivity (Wildman–Crippen MR) is 81.0 cm³/mol. The molecule has 1 atom stereocenters. The van der Waals surface area contributed by atoms with Crippen molar-refractivity contribution in [3.63, 3.8) is 0 Å². The van der Waals surface area contributed by atoms with Crippen LogP contribution in [0.15, 0.2) is 24.3 Å². The lowest BCUT2D eigenvalue weighted by Crippen LogP contribution is -2.44. The normalized spacial score (nSPS) is 18.0. The number of benzene rings is 1. The molecule has 1 N–H and O–H groups in total. The summed E-state index contributed by atoms with van der Waals surface area (Å²) < 4.78 is 45.8. The average Bonchev–Trinajstić information content (AvgIpc) is 2.46. The van der Waals surface area contributed by atoms with Crippen LogP contribution < -0.4 is 15.0 Å². The topological polar surface area (TPSA) is 50.8 Å². The number of carbonyl (C=O) groups excluding carboxylic acids is 1. The highest BCUT2D eigenvalue weighted by Gasteiger charge is 2.31. The Hall–Kier alpha value is -1.51. The first-order chi connectivity index (χ1) is 10.3. The second kappa shape index (κ2) is 8.37. The Labute approximate surface area is 138 Å². The van der Waals surface area contributed by atoms with E-state index in [1.165, 1.54) is 30.1 Å². The predicted octanol–water partition coefficient (Wildman–Crippen LogP) is 2.35. The molecule has 5 nitrogen and oxygen atoms in total. The number of alkyl halides is 3. The van der Waals surface area contributed by atoms with E-state index in [0.717, 1.165) is 0 Å². The fraction of sp³-hybridized carbons (Fsp3) is 0.500. The van der Waals surface area contributed by atoms with Crippen molar-refractivity contribution in [3.05, 3.63) is 24.3 Å². The molecule has 0 bridgehead atoms. The number of nitrogens with one attached hydrogen (secondary N) is 1. The van der Waals surface area contributed by atoms with Crippen LogP contribution in [-0.2, 0) is 9.53 Å². The van der Waals surface area contributed by atoms with Gasteiger partial charge in [0.25, 0.3) is 0 Å². The number of halogens is 4. The maximum atomic E-state index is 12.2. The van der Waals surface area contributed by atoms with Crippen LogP contribution in [0, 0.1) is 0 Å². The molecule has 1 aliphatic rings. The number of ether oxygens (including phenoxy) is 2. The molecule has 1 aliphatic heterocycles. The van der Waals surface area contributed by atoms with E-state index >= 15 is 0 Å². The monoisotopic (exact) mass is 354 g/mol. The van der Waals surface area contributed by atoms with E-state index in [2.05, 4.69) is 10.1 Å². The minimum Gasteiger partial charge on any atom is -0.406 e. The fourth-order valence-electron chi connectivity index (χ4n) is 2.13. The first-order valence-electron chi connectivity index (χ1n) is 6.78. The third-order valence-corrected chi connectivity index (χ3v) is 3.23. The van der Waals surface area contributed by atoms with Crippen molar-refractivity contribution in [2.75, 3.05) is 31.7 Å². The molecule has 1 heterocycles. The van der Waals surface area contributed by atoms with Gasteiger partial charge >= 0.3 is 6.36 Å². The minimum atomic E-state index is -4.76. The van der Waals surface area contributed by atoms with Gasteiger partial charge in [0, 0.05) is 37.8 Å². The highest BCUT2D eigenvalue weighted by atomic mass is 35.5. The number of rotatable bonds is 4. The van der Waals surface area contributed by atoms with Crippen LogP contribution >= 0.6 is 12.4 Å². The van der Waals surface area contributed by atoms with Crippen LogP contribution in [0.2, 0.25) is 0 Å². The van der Waals surface area contributed by atoms with Gasteiger partial charge in [-0.05, 0) is 12.1 Å². The summed E-state index contributed by atoms with van der Waals surface area (Å²) in [7, 11) is 1.51. The molecule has 0 aliphatic carbocycles. The average molecular weight is 355 g/mol. The van der Waals surface area contributed by atoms with Crippen molar-refractivity contribution < 1.29 is 27.4 Å². The largest absolute Gasteiger partial charge is 0.573 e. The van der Waals surface area contributed by atoms with Gasteiger partial charge in [-0.25, -0.2) is 0 Å². The first-order valence-corrected chi connectivity index (χ1v) is 6.78. The molecule has 1 saturated heterocycles. The zero-order valence-electron chi connectivity index (χ0n) is 12.4. The summed E-state index contributed by atoms with van der Waals surface area (Å²) in [5, 5.41) is 3.15. The van der Waals surface area contributed by atoms with Crippen molar-refractivity contribution in [1.29, 1.82) is 0 Å². The molecule has 1 aromatic carbocycles. The van der Waals surface area contributed by atoms with Crippen LogP contribution in [0.3, 0.4) is 0 Å². The Morgan fingerprint density at radius 2 is 2.22 bits per heavy atom. The number of hydrogen-bond acceptors (Lipinski definition) is 4. The molecule has 0 saturated carbocycles. The van der Waals surface area contributed by atoms with Crippen LogP contribution in [0.1, 0.15) is 6.42 Å². The Balaban J connectivity index is 0.00000264. The van der Waals surface area contributed by atoms with Gasteiger partial charge < -0.3 is 19.7 Å². The van der Waals surface area contributed by atoms with Gasteiger partial charge in [0.2, 0.25) is 5.91 Å². The molecule has 0 aromatic heterocycles. The van der Waals surface area contributed by atoms with E-state index in [0.29, 0.717) is 25.4 Å². The smallest absolute Gasteiger partial charge is 0.406 e. The second-order valence-corrected chi connectivity index (χ2v) is 4.93. The van der Waals surface area contributed by atoms with Crippen molar-refractivity contribution >= 4 is 24.0 Å². The van der Waals surface area contributed by atoms with E-state index in [4.69, 9.17) is 4.74 Å². The molecule has 0 radical (unpaired) electrons. The molecule has 130 valence electrons. The number of carbonyl (C=O) groups is 1. The number of nitrogens with zero attached hydrogens (tertiary/aromatic N) is 1. The number of morpholine rings is 1. The Bertz CT molecular complexity index is 522. The van der Waals surface area contributed by atoms with E-state index in [1.807, 2.05) is 0 Å². The van der Waals surface area contributed by atoms with E-state index in [9.17, 15) is 18.0 Å². The van der Waals surface area contributed by atoms with Gasteiger partial charge in [0.05, 0.1) is 13.2 Å². The molecule has 1 aromatic rings. The Morgan fingerprint density at radius 3 is 2.83 bits per heavy atom. The van der Waals surface area contributed by atoms with Crippen molar-refractivity contribution in [3.8, 4) is 5.75 Å². The van der Waals surface area contributed by atoms with Gasteiger partial charge in [-0.3, -0.25) is 4.79 Å². The summed E-state index contributed by atoms with van der Waals surface area (Å²) in [4.78, 5) is 13.5. The number of amides is 1. The second-order valence-electron chi connectivity index (χ2n) is 4.93. The Morgan fingerprint density at radius 1 is 1.48 bits per heavy atom. The molecular weight excluding hydrogens is 337 g/mol. The fourth-order valence-corrected chi connectivity index (χ4v) is 2.13. The van der Waals surface area contributed by atoms with Gasteiger partial charge in [-0.1, -0.05) is 6.07 Å². The van der Waals surface area contributed by atoms with Crippen LogP contribution in [-0.4, -0.2) is 45.1 Å². The molecule has 2 rings (SSSR count). The zero-order chi connectivity index (χ0) is 16.2.